The quantitative estimate of drug-likeness (QED) is 0.590. The van der Waals surface area contributed by atoms with Gasteiger partial charge in [-0.2, -0.15) is 0 Å². The van der Waals surface area contributed by atoms with E-state index in [4.69, 9.17) is 14.2 Å². The third kappa shape index (κ3) is 2.89. The van der Waals surface area contributed by atoms with Crippen molar-refractivity contribution in [1.29, 1.82) is 0 Å². The highest BCUT2D eigenvalue weighted by Crippen LogP contribution is 2.48. The number of fused-ring (bicyclic) bond motifs is 3. The molecule has 0 aliphatic carbocycles. The minimum Gasteiger partial charge on any atom is -0.493 e. The molecule has 0 bridgehead atoms. The first-order chi connectivity index (χ1) is 14.6. The number of hydrogen-bond acceptors (Lipinski definition) is 4. The van der Waals surface area contributed by atoms with Crippen LogP contribution in [-0.4, -0.2) is 32.3 Å². The largest absolute Gasteiger partial charge is 0.493 e. The fourth-order valence-electron chi connectivity index (χ4n) is 4.57. The third-order valence-corrected chi connectivity index (χ3v) is 5.94. The van der Waals surface area contributed by atoms with Crippen molar-refractivity contribution in [2.45, 2.75) is 26.1 Å². The first-order valence-electron chi connectivity index (χ1n) is 10.4. The molecule has 0 saturated carbocycles. The van der Waals surface area contributed by atoms with Crippen LogP contribution in [0.1, 0.15) is 23.1 Å². The number of nitrogens with zero attached hydrogens (tertiary/aromatic N) is 1. The average Bonchev–Trinajstić information content (AvgIpc) is 3.34. The molecule has 2 aliphatic heterocycles. The Bertz CT molecular complexity index is 1110. The maximum Gasteiger partial charge on any atom is 0.292 e. The lowest BCUT2D eigenvalue weighted by atomic mass is 9.98. The number of carbonyl (C=O) groups excluding carboxylic acids is 1. The standard InChI is InChI=1S/C25H25NO4/c1-17-11-12-18(2)23-22(17)25(29-15-16-30-25)24(27)26(23)13-6-14-28-21-10-5-8-19-7-3-4-9-20(19)21/h3-5,7-12H,6,13-16H2,1-2H3. The second-order valence-electron chi connectivity index (χ2n) is 7.87. The van der Waals surface area contributed by atoms with Gasteiger partial charge in [-0.05, 0) is 42.8 Å². The monoisotopic (exact) mass is 403 g/mol. The number of benzene rings is 3. The first kappa shape index (κ1) is 19.1. The Morgan fingerprint density at radius 2 is 1.70 bits per heavy atom. The Morgan fingerprint density at radius 1 is 0.967 bits per heavy atom. The van der Waals surface area contributed by atoms with Gasteiger partial charge in [0.2, 0.25) is 0 Å². The van der Waals surface area contributed by atoms with Gasteiger partial charge < -0.3 is 19.1 Å². The molecule has 5 rings (SSSR count). The molecule has 5 nitrogen and oxygen atoms in total. The molecule has 0 aromatic heterocycles. The lowest BCUT2D eigenvalue weighted by molar-refractivity contribution is -0.180. The van der Waals surface area contributed by atoms with Gasteiger partial charge in [-0.15, -0.1) is 0 Å². The molecule has 0 atom stereocenters. The Morgan fingerprint density at radius 3 is 2.53 bits per heavy atom. The molecule has 2 heterocycles. The van der Waals surface area contributed by atoms with Crippen molar-refractivity contribution in [3.8, 4) is 5.75 Å². The number of aryl methyl sites for hydroxylation is 2. The lowest BCUT2D eigenvalue weighted by Gasteiger charge is -2.22. The molecule has 1 fully saturated rings. The normalized spacial score (nSPS) is 17.1. The Hall–Kier alpha value is -2.89. The van der Waals surface area contributed by atoms with Gasteiger partial charge >= 0.3 is 0 Å². The fraction of sp³-hybridized carbons (Fsp3) is 0.320. The summed E-state index contributed by atoms with van der Waals surface area (Å²) < 4.78 is 17.8. The predicted molar refractivity (Wildman–Crippen MR) is 116 cm³/mol. The molecular weight excluding hydrogens is 378 g/mol. The van der Waals surface area contributed by atoms with E-state index in [0.29, 0.717) is 32.8 Å². The zero-order chi connectivity index (χ0) is 20.7. The van der Waals surface area contributed by atoms with E-state index in [1.54, 1.807) is 0 Å². The van der Waals surface area contributed by atoms with Gasteiger partial charge in [0.1, 0.15) is 5.75 Å². The predicted octanol–water partition coefficient (Wildman–Crippen LogP) is 4.47. The van der Waals surface area contributed by atoms with Crippen LogP contribution >= 0.6 is 0 Å². The number of amides is 1. The zero-order valence-corrected chi connectivity index (χ0v) is 17.3. The van der Waals surface area contributed by atoms with Crippen LogP contribution in [0.4, 0.5) is 5.69 Å². The van der Waals surface area contributed by atoms with Crippen molar-refractivity contribution in [3.63, 3.8) is 0 Å². The molecular formula is C25H25NO4. The van der Waals surface area contributed by atoms with Crippen molar-refractivity contribution in [1.82, 2.24) is 0 Å². The Kier molecular flexibility index (Phi) is 4.72. The van der Waals surface area contributed by atoms with E-state index in [-0.39, 0.29) is 5.91 Å². The van der Waals surface area contributed by atoms with Crippen LogP contribution in [0.2, 0.25) is 0 Å². The second kappa shape index (κ2) is 7.42. The van der Waals surface area contributed by atoms with E-state index in [1.807, 2.05) is 49.1 Å². The van der Waals surface area contributed by atoms with Gasteiger partial charge in [0.05, 0.1) is 25.5 Å². The fourth-order valence-corrected chi connectivity index (χ4v) is 4.57. The highest BCUT2D eigenvalue weighted by molar-refractivity contribution is 6.07. The van der Waals surface area contributed by atoms with Gasteiger partial charge in [-0.3, -0.25) is 4.79 Å². The van der Waals surface area contributed by atoms with Gasteiger partial charge in [0, 0.05) is 17.5 Å². The van der Waals surface area contributed by atoms with Gasteiger partial charge in [0.15, 0.2) is 0 Å². The van der Waals surface area contributed by atoms with Crippen molar-refractivity contribution in [2.24, 2.45) is 0 Å². The number of hydrogen-bond donors (Lipinski definition) is 0. The van der Waals surface area contributed by atoms with Gasteiger partial charge in [0.25, 0.3) is 11.7 Å². The zero-order valence-electron chi connectivity index (χ0n) is 17.3. The summed E-state index contributed by atoms with van der Waals surface area (Å²) in [6, 6.07) is 18.3. The molecule has 3 aromatic carbocycles. The maximum atomic E-state index is 13.4. The van der Waals surface area contributed by atoms with Crippen molar-refractivity contribution < 1.29 is 19.0 Å². The molecule has 154 valence electrons. The van der Waals surface area contributed by atoms with Crippen molar-refractivity contribution in [3.05, 3.63) is 71.3 Å². The van der Waals surface area contributed by atoms with E-state index in [9.17, 15) is 4.79 Å². The van der Waals surface area contributed by atoms with Crippen LogP contribution in [0.5, 0.6) is 5.75 Å². The minimum absolute atomic E-state index is 0.127. The Labute approximate surface area is 176 Å². The molecule has 1 spiro atoms. The molecule has 30 heavy (non-hydrogen) atoms. The molecule has 5 heteroatoms. The van der Waals surface area contributed by atoms with E-state index in [2.05, 4.69) is 24.3 Å². The summed E-state index contributed by atoms with van der Waals surface area (Å²) in [4.78, 5) is 15.2. The van der Waals surface area contributed by atoms with Crippen LogP contribution in [0.15, 0.2) is 54.6 Å². The van der Waals surface area contributed by atoms with Crippen LogP contribution in [-0.2, 0) is 20.1 Å². The first-order valence-corrected chi connectivity index (χ1v) is 10.4. The van der Waals surface area contributed by atoms with Crippen molar-refractivity contribution >= 4 is 22.4 Å². The Balaban J connectivity index is 1.35. The molecule has 0 N–H and O–H groups in total. The van der Waals surface area contributed by atoms with Gasteiger partial charge in [-0.25, -0.2) is 0 Å². The summed E-state index contributed by atoms with van der Waals surface area (Å²) in [5.41, 5.74) is 3.85. The number of carbonyl (C=O) groups is 1. The van der Waals surface area contributed by atoms with Crippen molar-refractivity contribution in [2.75, 3.05) is 31.3 Å². The molecule has 1 amide bonds. The highest BCUT2D eigenvalue weighted by atomic mass is 16.7. The summed E-state index contributed by atoms with van der Waals surface area (Å²) in [5, 5.41) is 2.25. The topological polar surface area (TPSA) is 48.0 Å². The van der Waals surface area contributed by atoms with E-state index < -0.39 is 5.79 Å². The summed E-state index contributed by atoms with van der Waals surface area (Å²) in [6.45, 7) is 5.96. The van der Waals surface area contributed by atoms with Gasteiger partial charge in [-0.1, -0.05) is 48.5 Å². The molecule has 3 aromatic rings. The SMILES string of the molecule is Cc1ccc(C)c2c1N(CCCOc1cccc3ccccc13)C(=O)C21OCCO1. The van der Waals surface area contributed by atoms with Crippen LogP contribution in [0.25, 0.3) is 10.8 Å². The van der Waals surface area contributed by atoms with Crippen LogP contribution in [0, 0.1) is 13.8 Å². The molecule has 2 aliphatic rings. The summed E-state index contributed by atoms with van der Waals surface area (Å²) in [5.74, 6) is -0.535. The number of rotatable bonds is 5. The second-order valence-corrected chi connectivity index (χ2v) is 7.87. The average molecular weight is 403 g/mol. The number of anilines is 1. The molecule has 0 unspecified atom stereocenters. The van der Waals surface area contributed by atoms with E-state index in [1.165, 1.54) is 0 Å². The lowest BCUT2D eigenvalue weighted by Crippen LogP contribution is -2.42. The van der Waals surface area contributed by atoms with E-state index >= 15 is 0 Å². The van der Waals surface area contributed by atoms with Crippen LogP contribution < -0.4 is 9.64 Å². The number of ether oxygens (including phenoxy) is 3. The van der Waals surface area contributed by atoms with E-state index in [0.717, 1.165) is 38.9 Å². The summed E-state index contributed by atoms with van der Waals surface area (Å²) in [7, 11) is 0. The smallest absolute Gasteiger partial charge is 0.292 e. The summed E-state index contributed by atoms with van der Waals surface area (Å²) >= 11 is 0. The summed E-state index contributed by atoms with van der Waals surface area (Å²) in [6.07, 6.45) is 0.706. The maximum absolute atomic E-state index is 13.4. The minimum atomic E-state index is -1.28. The molecule has 1 saturated heterocycles. The van der Waals surface area contributed by atoms with Crippen LogP contribution in [0.3, 0.4) is 0 Å². The molecule has 0 radical (unpaired) electrons. The highest BCUT2D eigenvalue weighted by Gasteiger charge is 2.57. The third-order valence-electron chi connectivity index (χ3n) is 5.94.